The molecule has 1 fully saturated rings. The molecular weight excluding hydrogens is 222 g/mol. The van der Waals surface area contributed by atoms with Crippen molar-refractivity contribution in [2.45, 2.75) is 25.8 Å². The fourth-order valence-corrected chi connectivity index (χ4v) is 2.33. The second-order valence-electron chi connectivity index (χ2n) is 4.51. The predicted octanol–water partition coefficient (Wildman–Crippen LogP) is 3.07. The van der Waals surface area contributed by atoms with Crippen LogP contribution < -0.4 is 5.73 Å². The Morgan fingerprint density at radius 1 is 1.50 bits per heavy atom. The number of rotatable bonds is 2. The van der Waals surface area contributed by atoms with Crippen molar-refractivity contribution in [3.05, 3.63) is 34.3 Å². The van der Waals surface area contributed by atoms with Gasteiger partial charge in [-0.25, -0.2) is 0 Å². The normalized spacial score (nSPS) is 23.1. The highest BCUT2D eigenvalue weighted by molar-refractivity contribution is 6.31. The van der Waals surface area contributed by atoms with Gasteiger partial charge in [0, 0.05) is 23.6 Å². The molecule has 1 heterocycles. The van der Waals surface area contributed by atoms with Crippen molar-refractivity contribution in [2.75, 3.05) is 13.2 Å². The van der Waals surface area contributed by atoms with Crippen LogP contribution in [0.5, 0.6) is 0 Å². The summed E-state index contributed by atoms with van der Waals surface area (Å²) >= 11 is 6.11. The van der Waals surface area contributed by atoms with E-state index < -0.39 is 0 Å². The van der Waals surface area contributed by atoms with Gasteiger partial charge in [-0.3, -0.25) is 0 Å². The predicted molar refractivity (Wildman–Crippen MR) is 66.7 cm³/mol. The Morgan fingerprint density at radius 3 is 2.94 bits per heavy atom. The minimum Gasteiger partial charge on any atom is -0.381 e. The van der Waals surface area contributed by atoms with Gasteiger partial charge in [-0.1, -0.05) is 23.7 Å². The molecule has 0 aliphatic carbocycles. The van der Waals surface area contributed by atoms with Gasteiger partial charge in [-0.2, -0.15) is 0 Å². The maximum Gasteiger partial charge on any atom is 0.0512 e. The molecule has 1 aliphatic heterocycles. The van der Waals surface area contributed by atoms with Gasteiger partial charge in [0.15, 0.2) is 0 Å². The molecule has 0 radical (unpaired) electrons. The number of hydrogen-bond acceptors (Lipinski definition) is 2. The Morgan fingerprint density at radius 2 is 2.31 bits per heavy atom. The smallest absolute Gasteiger partial charge is 0.0512 e. The highest BCUT2D eigenvalue weighted by atomic mass is 35.5. The fourth-order valence-electron chi connectivity index (χ4n) is 2.14. The molecule has 0 saturated carbocycles. The van der Waals surface area contributed by atoms with Gasteiger partial charge >= 0.3 is 0 Å². The third-order valence-corrected chi connectivity index (χ3v) is 3.69. The van der Waals surface area contributed by atoms with Gasteiger partial charge in [0.05, 0.1) is 6.61 Å². The molecule has 2 nitrogen and oxygen atoms in total. The van der Waals surface area contributed by atoms with Crippen molar-refractivity contribution in [3.63, 3.8) is 0 Å². The van der Waals surface area contributed by atoms with Crippen LogP contribution in [-0.2, 0) is 4.74 Å². The molecule has 0 amide bonds. The SMILES string of the molecule is Cc1ccc(C(N)C2CCCOC2)cc1Cl. The summed E-state index contributed by atoms with van der Waals surface area (Å²) in [5.41, 5.74) is 8.46. The molecule has 3 heteroatoms. The molecule has 0 bridgehead atoms. The maximum absolute atomic E-state index is 6.25. The largest absolute Gasteiger partial charge is 0.381 e. The van der Waals surface area contributed by atoms with E-state index in [1.807, 2.05) is 19.1 Å². The standard InChI is InChI=1S/C13H18ClNO/c1-9-4-5-10(7-12(9)14)13(15)11-3-2-6-16-8-11/h4-5,7,11,13H,2-3,6,8,15H2,1H3. The number of hydrogen-bond donors (Lipinski definition) is 1. The average molecular weight is 240 g/mol. The number of ether oxygens (including phenoxy) is 1. The molecule has 1 saturated heterocycles. The van der Waals surface area contributed by atoms with Crippen LogP contribution in [0, 0.1) is 12.8 Å². The van der Waals surface area contributed by atoms with Crippen LogP contribution in [-0.4, -0.2) is 13.2 Å². The average Bonchev–Trinajstić information content (AvgIpc) is 2.33. The Kier molecular flexibility index (Phi) is 3.85. The topological polar surface area (TPSA) is 35.2 Å². The lowest BCUT2D eigenvalue weighted by atomic mass is 9.89. The first-order valence-corrected chi connectivity index (χ1v) is 6.15. The quantitative estimate of drug-likeness (QED) is 0.861. The van der Waals surface area contributed by atoms with Crippen LogP contribution in [0.25, 0.3) is 0 Å². The molecule has 2 rings (SSSR count). The Labute approximate surface area is 102 Å². The van der Waals surface area contributed by atoms with Crippen LogP contribution in [0.15, 0.2) is 18.2 Å². The van der Waals surface area contributed by atoms with E-state index in [0.29, 0.717) is 5.92 Å². The molecule has 88 valence electrons. The van der Waals surface area contributed by atoms with Gasteiger partial charge in [-0.05, 0) is 37.0 Å². The lowest BCUT2D eigenvalue weighted by molar-refractivity contribution is 0.0448. The number of halogens is 1. The summed E-state index contributed by atoms with van der Waals surface area (Å²) in [6.45, 7) is 3.64. The number of aryl methyl sites for hydroxylation is 1. The van der Waals surface area contributed by atoms with E-state index in [1.165, 1.54) is 0 Å². The van der Waals surface area contributed by atoms with Crippen LogP contribution in [0.1, 0.15) is 30.0 Å². The lowest BCUT2D eigenvalue weighted by Gasteiger charge is -2.28. The second-order valence-corrected chi connectivity index (χ2v) is 4.92. The van der Waals surface area contributed by atoms with Gasteiger partial charge in [-0.15, -0.1) is 0 Å². The molecule has 2 N–H and O–H groups in total. The first-order valence-electron chi connectivity index (χ1n) is 5.78. The van der Waals surface area contributed by atoms with Crippen LogP contribution in [0.2, 0.25) is 5.02 Å². The van der Waals surface area contributed by atoms with Crippen LogP contribution >= 0.6 is 11.6 Å². The monoisotopic (exact) mass is 239 g/mol. The van der Waals surface area contributed by atoms with Crippen molar-refractivity contribution < 1.29 is 4.74 Å². The summed E-state index contributed by atoms with van der Waals surface area (Å²) in [6, 6.07) is 6.12. The van der Waals surface area contributed by atoms with Crippen LogP contribution in [0.3, 0.4) is 0 Å². The summed E-state index contributed by atoms with van der Waals surface area (Å²) in [5, 5.41) is 0.796. The van der Waals surface area contributed by atoms with Crippen molar-refractivity contribution >= 4 is 11.6 Å². The van der Waals surface area contributed by atoms with E-state index >= 15 is 0 Å². The zero-order chi connectivity index (χ0) is 11.5. The van der Waals surface area contributed by atoms with Gasteiger partial charge in [0.25, 0.3) is 0 Å². The lowest BCUT2D eigenvalue weighted by Crippen LogP contribution is -2.29. The Bertz CT molecular complexity index is 361. The van der Waals surface area contributed by atoms with E-state index in [9.17, 15) is 0 Å². The highest BCUT2D eigenvalue weighted by Crippen LogP contribution is 2.29. The van der Waals surface area contributed by atoms with Crippen molar-refractivity contribution in [3.8, 4) is 0 Å². The summed E-state index contributed by atoms with van der Waals surface area (Å²) in [6.07, 6.45) is 2.25. The second kappa shape index (κ2) is 5.17. The van der Waals surface area contributed by atoms with Gasteiger partial charge < -0.3 is 10.5 Å². The minimum atomic E-state index is 0.0402. The van der Waals surface area contributed by atoms with E-state index in [1.54, 1.807) is 0 Å². The fraction of sp³-hybridized carbons (Fsp3) is 0.538. The first-order chi connectivity index (χ1) is 7.68. The molecule has 2 atom stereocenters. The zero-order valence-corrected chi connectivity index (χ0v) is 10.3. The maximum atomic E-state index is 6.25. The van der Waals surface area contributed by atoms with Crippen LogP contribution in [0.4, 0.5) is 0 Å². The molecular formula is C13H18ClNO. The summed E-state index contributed by atoms with van der Waals surface area (Å²) in [7, 11) is 0. The number of benzene rings is 1. The number of nitrogens with two attached hydrogens (primary N) is 1. The molecule has 0 aromatic heterocycles. The highest BCUT2D eigenvalue weighted by Gasteiger charge is 2.22. The summed E-state index contributed by atoms with van der Waals surface area (Å²) in [4.78, 5) is 0. The molecule has 1 aromatic carbocycles. The molecule has 0 spiro atoms. The molecule has 2 unspecified atom stereocenters. The molecule has 16 heavy (non-hydrogen) atoms. The third-order valence-electron chi connectivity index (χ3n) is 3.28. The zero-order valence-electron chi connectivity index (χ0n) is 9.58. The van der Waals surface area contributed by atoms with E-state index in [2.05, 4.69) is 6.07 Å². The van der Waals surface area contributed by atoms with E-state index in [4.69, 9.17) is 22.1 Å². The summed E-state index contributed by atoms with van der Waals surface area (Å²) < 4.78 is 5.47. The third kappa shape index (κ3) is 2.57. The van der Waals surface area contributed by atoms with Crippen molar-refractivity contribution in [2.24, 2.45) is 11.7 Å². The first kappa shape index (κ1) is 11.9. The van der Waals surface area contributed by atoms with Crippen molar-refractivity contribution in [1.82, 2.24) is 0 Å². The Balaban J connectivity index is 2.12. The van der Waals surface area contributed by atoms with Crippen molar-refractivity contribution in [1.29, 1.82) is 0 Å². The Hall–Kier alpha value is -0.570. The summed E-state index contributed by atoms with van der Waals surface area (Å²) in [5.74, 6) is 0.424. The molecule has 1 aromatic rings. The van der Waals surface area contributed by atoms with E-state index in [0.717, 1.165) is 42.2 Å². The van der Waals surface area contributed by atoms with Gasteiger partial charge in [0.2, 0.25) is 0 Å². The van der Waals surface area contributed by atoms with E-state index in [-0.39, 0.29) is 6.04 Å². The van der Waals surface area contributed by atoms with Gasteiger partial charge in [0.1, 0.15) is 0 Å². The minimum absolute atomic E-state index is 0.0402. The molecule has 1 aliphatic rings.